The number of benzene rings is 9. The molecule has 45 heavy (non-hydrogen) atoms. The molecule has 10 rings (SSSR count). The van der Waals surface area contributed by atoms with E-state index in [4.69, 9.17) is 7.16 Å². The molecule has 0 aliphatic carbocycles. The van der Waals surface area contributed by atoms with E-state index in [1.54, 1.807) is 0 Å². The molecule has 1 heterocycles. The summed E-state index contributed by atoms with van der Waals surface area (Å²) in [5, 5.41) is 12.4. The zero-order valence-electron chi connectivity index (χ0n) is 26.3. The van der Waals surface area contributed by atoms with Crippen molar-refractivity contribution in [2.24, 2.45) is 0 Å². The molecule has 0 spiro atoms. The number of hydrogen-bond donors (Lipinski definition) is 0. The summed E-state index contributed by atoms with van der Waals surface area (Å²) < 4.78 is 24.8. The van der Waals surface area contributed by atoms with Crippen molar-refractivity contribution in [2.45, 2.75) is 0 Å². The summed E-state index contributed by atoms with van der Waals surface area (Å²) in [5.41, 5.74) is 6.12. The Morgan fingerprint density at radius 3 is 1.51 bits per heavy atom. The van der Waals surface area contributed by atoms with E-state index >= 15 is 0 Å². The van der Waals surface area contributed by atoms with Gasteiger partial charge >= 0.3 is 0 Å². The van der Waals surface area contributed by atoms with E-state index in [0.717, 1.165) is 43.6 Å². The van der Waals surface area contributed by atoms with Gasteiger partial charge in [0.1, 0.15) is 11.2 Å². The molecule has 0 aliphatic rings. The van der Waals surface area contributed by atoms with Gasteiger partial charge in [-0.3, -0.25) is 0 Å². The van der Waals surface area contributed by atoms with E-state index in [9.17, 15) is 0 Å². The topological polar surface area (TPSA) is 13.1 Å². The molecule has 0 atom stereocenters. The number of furan rings is 1. The van der Waals surface area contributed by atoms with Crippen LogP contribution in [0.25, 0.3) is 98.1 Å². The lowest BCUT2D eigenvalue weighted by molar-refractivity contribution is 0.676. The standard InChI is InChI=1S/C44H26O/c1-3-15-29-27(12-1)14-11-23-32(29)41-33-18-6-8-20-35(33)42(36-21-9-7-19-34(36)41)39-26-40-38-25-24-28-13-2-4-16-30(28)43(38)45-44(40)37-22-10-5-17-31(37)39/h1-26H/i24D,25D. The second-order valence-electron chi connectivity index (χ2n) is 11.8. The molecule has 0 saturated carbocycles. The van der Waals surface area contributed by atoms with Crippen molar-refractivity contribution in [1.82, 2.24) is 0 Å². The highest BCUT2D eigenvalue weighted by molar-refractivity contribution is 6.28. The predicted molar refractivity (Wildman–Crippen MR) is 192 cm³/mol. The second-order valence-corrected chi connectivity index (χ2v) is 11.8. The zero-order valence-corrected chi connectivity index (χ0v) is 24.3. The molecule has 10 aromatic rings. The highest BCUT2D eigenvalue weighted by atomic mass is 16.3. The highest BCUT2D eigenvalue weighted by Gasteiger charge is 2.21. The summed E-state index contributed by atoms with van der Waals surface area (Å²) >= 11 is 0. The second kappa shape index (κ2) is 9.29. The molecule has 0 amide bonds. The minimum Gasteiger partial charge on any atom is -0.455 e. The summed E-state index contributed by atoms with van der Waals surface area (Å²) in [5.74, 6) is 0. The number of rotatable bonds is 2. The Labute approximate surface area is 262 Å². The number of hydrogen-bond acceptors (Lipinski definition) is 1. The molecule has 9 aromatic carbocycles. The van der Waals surface area contributed by atoms with E-state index < -0.39 is 0 Å². The van der Waals surface area contributed by atoms with Gasteiger partial charge in [-0.05, 0) is 77.5 Å². The molecular formula is C44H26O. The molecule has 0 saturated heterocycles. The highest BCUT2D eigenvalue weighted by Crippen LogP contribution is 2.48. The van der Waals surface area contributed by atoms with Gasteiger partial charge in [0, 0.05) is 21.5 Å². The van der Waals surface area contributed by atoms with E-state index in [1.165, 1.54) is 43.4 Å². The van der Waals surface area contributed by atoms with Crippen molar-refractivity contribution in [2.75, 3.05) is 0 Å². The summed E-state index contributed by atoms with van der Waals surface area (Å²) in [4.78, 5) is 0. The molecule has 208 valence electrons. The van der Waals surface area contributed by atoms with Gasteiger partial charge in [0.2, 0.25) is 0 Å². The van der Waals surface area contributed by atoms with Crippen LogP contribution in [0.3, 0.4) is 0 Å². The van der Waals surface area contributed by atoms with Crippen molar-refractivity contribution < 1.29 is 7.16 Å². The predicted octanol–water partition coefficient (Wildman–Crippen LogP) is 12.7. The van der Waals surface area contributed by atoms with Crippen molar-refractivity contribution in [1.29, 1.82) is 0 Å². The Morgan fingerprint density at radius 1 is 0.333 bits per heavy atom. The van der Waals surface area contributed by atoms with Crippen molar-refractivity contribution in [3.05, 3.63) is 158 Å². The smallest absolute Gasteiger partial charge is 0.143 e. The monoisotopic (exact) mass is 572 g/mol. The Balaban J connectivity index is 1.41. The van der Waals surface area contributed by atoms with Crippen LogP contribution in [0.15, 0.2) is 162 Å². The quantitative estimate of drug-likeness (QED) is 0.188. The summed E-state index contributed by atoms with van der Waals surface area (Å²) in [6.45, 7) is 0. The van der Waals surface area contributed by atoms with Gasteiger partial charge in [0.15, 0.2) is 0 Å². The Bertz CT molecular complexity index is 2870. The van der Waals surface area contributed by atoms with Crippen molar-refractivity contribution in [3.63, 3.8) is 0 Å². The van der Waals surface area contributed by atoms with Gasteiger partial charge in [-0.2, -0.15) is 0 Å². The fourth-order valence-electron chi connectivity index (χ4n) is 7.51. The van der Waals surface area contributed by atoms with E-state index in [0.29, 0.717) is 11.0 Å². The van der Waals surface area contributed by atoms with Crippen LogP contribution in [0, 0.1) is 0 Å². The third-order valence-electron chi connectivity index (χ3n) is 9.45. The van der Waals surface area contributed by atoms with Crippen LogP contribution in [0.5, 0.6) is 0 Å². The molecule has 1 heteroatoms. The van der Waals surface area contributed by atoms with Crippen molar-refractivity contribution in [3.8, 4) is 22.3 Å². The molecule has 0 radical (unpaired) electrons. The maximum atomic E-state index is 9.16. The van der Waals surface area contributed by atoms with Crippen LogP contribution in [-0.2, 0) is 0 Å². The summed E-state index contributed by atoms with van der Waals surface area (Å²) in [7, 11) is 0. The van der Waals surface area contributed by atoms with Gasteiger partial charge in [-0.1, -0.05) is 146 Å². The van der Waals surface area contributed by atoms with Crippen molar-refractivity contribution >= 4 is 75.8 Å². The van der Waals surface area contributed by atoms with Gasteiger partial charge in [-0.25, -0.2) is 0 Å². The van der Waals surface area contributed by atoms with Gasteiger partial charge in [0.25, 0.3) is 0 Å². The zero-order chi connectivity index (χ0) is 31.2. The van der Waals surface area contributed by atoms with Crippen LogP contribution in [0.1, 0.15) is 2.74 Å². The van der Waals surface area contributed by atoms with E-state index in [2.05, 4.69) is 115 Å². The molecule has 0 unspecified atom stereocenters. The maximum absolute atomic E-state index is 9.16. The average molecular weight is 573 g/mol. The summed E-state index contributed by atoms with van der Waals surface area (Å²) in [6, 6.07) is 51.5. The van der Waals surface area contributed by atoms with Gasteiger partial charge in [0.05, 0.1) is 2.74 Å². The first kappa shape index (κ1) is 22.6. The molecule has 0 fully saturated rings. The van der Waals surface area contributed by atoms with Crippen LogP contribution >= 0.6 is 0 Å². The van der Waals surface area contributed by atoms with Gasteiger partial charge < -0.3 is 4.42 Å². The van der Waals surface area contributed by atoms with Crippen LogP contribution in [0.4, 0.5) is 0 Å². The summed E-state index contributed by atoms with van der Waals surface area (Å²) in [6.07, 6.45) is 0. The number of fused-ring (bicyclic) bond motifs is 10. The SMILES string of the molecule is [2H]c1c([2H])c2c3cc(-c4c5ccccc5c(-c5cccc6ccccc56)c5ccccc45)c4ccccc4c3oc2c2ccccc12. The van der Waals surface area contributed by atoms with Gasteiger partial charge in [-0.15, -0.1) is 0 Å². The largest absolute Gasteiger partial charge is 0.455 e. The van der Waals surface area contributed by atoms with Crippen LogP contribution in [0.2, 0.25) is 0 Å². The normalized spacial score (nSPS) is 12.6. The minimum atomic E-state index is 0.194. The van der Waals surface area contributed by atoms with E-state index in [-0.39, 0.29) is 12.1 Å². The molecule has 0 bridgehead atoms. The Hall–Kier alpha value is -5.92. The third kappa shape index (κ3) is 3.44. The lowest BCUT2D eigenvalue weighted by atomic mass is 9.83. The lowest BCUT2D eigenvalue weighted by Crippen LogP contribution is -1.92. The third-order valence-corrected chi connectivity index (χ3v) is 9.45. The first-order valence-electron chi connectivity index (χ1n) is 16.4. The first-order valence-corrected chi connectivity index (χ1v) is 15.4. The Kier molecular flexibility index (Phi) is 4.66. The Morgan fingerprint density at radius 2 is 0.822 bits per heavy atom. The average Bonchev–Trinajstić information content (AvgIpc) is 3.52. The molecule has 1 aromatic heterocycles. The molecule has 1 nitrogen and oxygen atoms in total. The molecule has 0 aliphatic heterocycles. The lowest BCUT2D eigenvalue weighted by Gasteiger charge is -2.20. The fraction of sp³-hybridized carbons (Fsp3) is 0. The van der Waals surface area contributed by atoms with Crippen LogP contribution in [-0.4, -0.2) is 0 Å². The maximum Gasteiger partial charge on any atom is 0.143 e. The fourth-order valence-corrected chi connectivity index (χ4v) is 7.51. The van der Waals surface area contributed by atoms with E-state index in [1.807, 2.05) is 30.3 Å². The first-order chi connectivity index (χ1) is 23.2. The molecular weight excluding hydrogens is 544 g/mol. The molecule has 0 N–H and O–H groups in total. The minimum absolute atomic E-state index is 0.194. The van der Waals surface area contributed by atoms with Crippen LogP contribution < -0.4 is 0 Å².